The Hall–Kier alpha value is -6.56. The Kier molecular flexibility index (Phi) is 11.7. The predicted molar refractivity (Wildman–Crippen MR) is 382 cm³/mol. The Labute approximate surface area is 531 Å². The zero-order valence-electron chi connectivity index (χ0n) is 56.0. The summed E-state index contributed by atoms with van der Waals surface area (Å²) in [6.45, 7) is 42.4. The van der Waals surface area contributed by atoms with Crippen LogP contribution in [0.3, 0.4) is 0 Å². The normalized spacial score (nSPS) is 23.4. The van der Waals surface area contributed by atoms with E-state index >= 15 is 0 Å². The lowest BCUT2D eigenvalue weighted by molar-refractivity contribution is 0.195. The van der Waals surface area contributed by atoms with E-state index in [1.807, 2.05) is 11.3 Å². The Morgan fingerprint density at radius 1 is 0.386 bits per heavy atom. The molecule has 1 aromatic heterocycles. The third-order valence-corrected chi connectivity index (χ3v) is 25.8. The Morgan fingerprint density at radius 2 is 0.898 bits per heavy atom. The lowest BCUT2D eigenvalue weighted by atomic mass is 9.33. The van der Waals surface area contributed by atoms with Crippen molar-refractivity contribution in [2.45, 2.75) is 224 Å². The molecule has 5 heteroatoms. The maximum atomic E-state index is 2.89. The molecule has 2 atom stereocenters. The first-order valence-electron chi connectivity index (χ1n) is 33.7. The van der Waals surface area contributed by atoms with E-state index in [0.717, 1.165) is 25.7 Å². The van der Waals surface area contributed by atoms with E-state index in [1.165, 1.54) is 170 Å². The Bertz CT molecular complexity index is 4480. The van der Waals surface area contributed by atoms with Crippen LogP contribution in [-0.2, 0) is 43.3 Å². The van der Waals surface area contributed by atoms with Crippen molar-refractivity contribution >= 4 is 100 Å². The molecule has 0 spiro atoms. The van der Waals surface area contributed by atoms with E-state index in [1.54, 1.807) is 0 Å². The van der Waals surface area contributed by atoms with E-state index in [9.17, 15) is 0 Å². The van der Waals surface area contributed by atoms with Gasteiger partial charge in [-0.1, -0.05) is 196 Å². The number of hydrogen-bond acceptors (Lipinski definition) is 4. The average Bonchev–Trinajstić information content (AvgIpc) is 0.959. The van der Waals surface area contributed by atoms with Gasteiger partial charge in [0.2, 0.25) is 0 Å². The molecule has 0 N–H and O–H groups in total. The summed E-state index contributed by atoms with van der Waals surface area (Å²) in [5, 5.41) is 2.68. The fourth-order valence-corrected chi connectivity index (χ4v) is 20.4. The molecule has 1 fully saturated rings. The van der Waals surface area contributed by atoms with Crippen LogP contribution in [-0.4, -0.2) is 12.3 Å². The second-order valence-electron chi connectivity index (χ2n) is 34.1. The second kappa shape index (κ2) is 18.1. The second-order valence-corrected chi connectivity index (χ2v) is 35.2. The van der Waals surface area contributed by atoms with Crippen LogP contribution in [0.1, 0.15) is 220 Å². The summed E-state index contributed by atoms with van der Waals surface area (Å²) in [7, 11) is 0. The minimum atomic E-state index is -0.194. The van der Waals surface area contributed by atoms with Gasteiger partial charge >= 0.3 is 0 Å². The molecule has 16 rings (SSSR count). The lowest BCUT2D eigenvalue weighted by Gasteiger charge is -2.51. The number of hydrogen-bond donors (Lipinski definition) is 0. The largest absolute Gasteiger partial charge is 0.334 e. The van der Waals surface area contributed by atoms with Crippen molar-refractivity contribution in [3.8, 4) is 11.1 Å². The zero-order chi connectivity index (χ0) is 61.6. The van der Waals surface area contributed by atoms with Crippen LogP contribution in [0.15, 0.2) is 140 Å². The van der Waals surface area contributed by atoms with Gasteiger partial charge in [-0.05, 0) is 229 Å². The number of nitrogens with zero attached hydrogens (tertiary/aromatic N) is 3. The van der Waals surface area contributed by atoms with Gasteiger partial charge in [-0.3, -0.25) is 0 Å². The summed E-state index contributed by atoms with van der Waals surface area (Å²) in [4.78, 5) is 8.48. The van der Waals surface area contributed by atoms with Crippen molar-refractivity contribution in [3.05, 3.63) is 184 Å². The van der Waals surface area contributed by atoms with Crippen molar-refractivity contribution < 1.29 is 0 Å². The van der Waals surface area contributed by atoms with Crippen molar-refractivity contribution in [1.82, 2.24) is 0 Å². The topological polar surface area (TPSA) is 9.72 Å². The van der Waals surface area contributed by atoms with Gasteiger partial charge in [0.1, 0.15) is 0 Å². The highest BCUT2D eigenvalue weighted by atomic mass is 32.1. The summed E-state index contributed by atoms with van der Waals surface area (Å²) in [5.74, 6) is 0. The molecule has 2 unspecified atom stereocenters. The lowest BCUT2D eigenvalue weighted by Crippen LogP contribution is -2.62. The van der Waals surface area contributed by atoms with Crippen LogP contribution in [0.2, 0.25) is 0 Å². The fraction of sp³-hybridized carbons (Fsp3) is 0.422. The van der Waals surface area contributed by atoms with Crippen LogP contribution < -0.4 is 31.1 Å². The zero-order valence-corrected chi connectivity index (χ0v) is 56.8. The van der Waals surface area contributed by atoms with Gasteiger partial charge in [-0.2, -0.15) is 0 Å². The first-order chi connectivity index (χ1) is 41.4. The molecule has 1 saturated carbocycles. The number of rotatable bonds is 4. The average molecular weight is 1170 g/mol. The third kappa shape index (κ3) is 7.86. The van der Waals surface area contributed by atoms with E-state index < -0.39 is 0 Å². The summed E-state index contributed by atoms with van der Waals surface area (Å²) in [5.41, 5.74) is 29.3. The van der Waals surface area contributed by atoms with Crippen molar-refractivity contribution in [1.29, 1.82) is 0 Å². The highest BCUT2D eigenvalue weighted by Crippen LogP contribution is 2.63. The van der Waals surface area contributed by atoms with Gasteiger partial charge in [0.05, 0.1) is 5.54 Å². The molecule has 0 amide bonds. The Balaban J connectivity index is 1.04. The summed E-state index contributed by atoms with van der Waals surface area (Å²) >= 11 is 1.94. The first-order valence-corrected chi connectivity index (χ1v) is 34.5. The van der Waals surface area contributed by atoms with Crippen LogP contribution in [0, 0.1) is 0 Å². The molecular weight excluding hydrogens is 1080 g/mol. The first kappa shape index (κ1) is 56.7. The highest BCUT2D eigenvalue weighted by Gasteiger charge is 2.59. The van der Waals surface area contributed by atoms with E-state index in [2.05, 4.69) is 272 Å². The minimum Gasteiger partial charge on any atom is -0.334 e. The summed E-state index contributed by atoms with van der Waals surface area (Å²) in [6, 6.07) is 57.6. The molecule has 3 aliphatic heterocycles. The van der Waals surface area contributed by atoms with E-state index in [0.29, 0.717) is 0 Å². The number of thiophene rings is 1. The quantitative estimate of drug-likeness (QED) is 0.163. The highest BCUT2D eigenvalue weighted by molar-refractivity contribution is 7.25. The molecule has 0 saturated heterocycles. The van der Waals surface area contributed by atoms with E-state index in [-0.39, 0.29) is 55.6 Å². The maximum absolute atomic E-state index is 2.89. The van der Waals surface area contributed by atoms with Crippen molar-refractivity contribution in [2.75, 3.05) is 14.7 Å². The molecule has 0 bridgehead atoms. The molecule has 88 heavy (non-hydrogen) atoms. The minimum absolute atomic E-state index is 0.000231. The number of benzene rings is 8. The van der Waals surface area contributed by atoms with Gasteiger partial charge in [-0.15, -0.1) is 11.3 Å². The third-order valence-electron chi connectivity index (χ3n) is 24.7. The molecule has 448 valence electrons. The summed E-state index contributed by atoms with van der Waals surface area (Å²) in [6.07, 6.45) is 10.5. The van der Waals surface area contributed by atoms with Crippen molar-refractivity contribution in [3.63, 3.8) is 0 Å². The van der Waals surface area contributed by atoms with Crippen LogP contribution in [0.5, 0.6) is 0 Å². The molecule has 4 aliphatic carbocycles. The number of fused-ring (bicyclic) bond motifs is 13. The monoisotopic (exact) mass is 1170 g/mol. The van der Waals surface area contributed by atoms with Crippen LogP contribution in [0.4, 0.5) is 45.5 Å². The molecule has 9 aromatic rings. The maximum Gasteiger partial charge on any atom is 0.252 e. The standard InChI is InChI=1S/C83H92BN3S/c1-75(2,3)52-27-24-50(25-28-52)51-26-33-67-64(40-51)82(16)34-20-21-35-83(82,17)87(67)55-42-70-74-71(43-55)86(54-29-31-57-56-22-18-19-23-72(56)88-73(57)44-54)69-48-63-61(80(12,13)49-81(63,14)15)46-66(69)84(74)65-45-60-62(79(10,11)39-38-78(60,8)9)47-68(65)85(70)53-30-32-58-59(41-53)77(6,7)37-36-76(58,4)5/h18-19,22-33,40-48H,20-21,34-39,49H2,1-17H3. The van der Waals surface area contributed by atoms with Gasteiger partial charge in [0.15, 0.2) is 0 Å². The smallest absolute Gasteiger partial charge is 0.252 e. The van der Waals surface area contributed by atoms with Crippen molar-refractivity contribution in [2.24, 2.45) is 0 Å². The molecule has 0 radical (unpaired) electrons. The van der Waals surface area contributed by atoms with Gasteiger partial charge in [-0.25, -0.2) is 0 Å². The molecule has 3 nitrogen and oxygen atoms in total. The Morgan fingerprint density at radius 3 is 1.52 bits per heavy atom. The predicted octanol–water partition coefficient (Wildman–Crippen LogP) is 21.5. The number of anilines is 8. The van der Waals surface area contributed by atoms with Gasteiger partial charge in [0.25, 0.3) is 6.71 Å². The van der Waals surface area contributed by atoms with Gasteiger partial charge in [0, 0.05) is 71.1 Å². The molecule has 4 heterocycles. The molecule has 8 aromatic carbocycles. The fourth-order valence-electron chi connectivity index (χ4n) is 19.2. The van der Waals surface area contributed by atoms with Crippen LogP contribution in [0.25, 0.3) is 31.3 Å². The van der Waals surface area contributed by atoms with Gasteiger partial charge < -0.3 is 14.7 Å². The summed E-state index contributed by atoms with van der Waals surface area (Å²) < 4.78 is 2.68. The SMILES string of the molecule is CC(C)(C)c1ccc(-c2ccc3c(c2)C2(C)CCCCC2(C)N3c2cc3c4c(c2)N(c2ccc5c(c2)sc2ccccc25)c2cc5c(cc2B4c2cc4c(cc2N3c2ccc3c(c2)C(C)(C)CCC3(C)C)C(C)(C)CCC4(C)C)C(C)(C)CC5(C)C)cc1. The van der Waals surface area contributed by atoms with Crippen LogP contribution >= 0.6 is 11.3 Å². The van der Waals surface area contributed by atoms with E-state index in [4.69, 9.17) is 0 Å². The molecule has 7 aliphatic rings. The molecular formula is C83H92BN3S.